The predicted octanol–water partition coefficient (Wildman–Crippen LogP) is 3.95. The van der Waals surface area contributed by atoms with E-state index in [1.165, 1.54) is 75.5 Å². The highest BCUT2D eigenvalue weighted by Crippen LogP contribution is 2.13. The third-order valence-electron chi connectivity index (χ3n) is 4.79. The number of hydrogen-bond donors (Lipinski definition) is 1. The van der Waals surface area contributed by atoms with Gasteiger partial charge in [-0.05, 0) is 6.42 Å². The first kappa shape index (κ1) is 21.7. The summed E-state index contributed by atoms with van der Waals surface area (Å²) in [4.78, 5) is 35.8. The van der Waals surface area contributed by atoms with Crippen LogP contribution in [-0.4, -0.2) is 35.7 Å². The minimum atomic E-state index is -0.380. The van der Waals surface area contributed by atoms with Crippen molar-refractivity contribution in [1.82, 2.24) is 10.2 Å². The monoisotopic (exact) mass is 352 g/mol. The summed E-state index contributed by atoms with van der Waals surface area (Å²) < 4.78 is 0. The molecule has 0 aromatic rings. The Morgan fingerprint density at radius 1 is 0.760 bits per heavy atom. The fraction of sp³-hybridized carbons (Fsp3) is 0.850. The lowest BCUT2D eigenvalue weighted by Gasteiger charge is -2.25. The van der Waals surface area contributed by atoms with Gasteiger partial charge in [0.25, 0.3) is 0 Å². The Labute approximate surface area is 152 Å². The van der Waals surface area contributed by atoms with Crippen molar-refractivity contribution in [2.75, 3.05) is 13.1 Å². The minimum absolute atomic E-state index is 0.0169. The first-order valence-electron chi connectivity index (χ1n) is 10.2. The number of imide groups is 1. The van der Waals surface area contributed by atoms with E-state index in [-0.39, 0.29) is 30.8 Å². The van der Waals surface area contributed by atoms with E-state index >= 15 is 0 Å². The van der Waals surface area contributed by atoms with Crippen molar-refractivity contribution >= 4 is 17.7 Å². The van der Waals surface area contributed by atoms with Gasteiger partial charge in [0, 0.05) is 6.42 Å². The molecule has 0 unspecified atom stereocenters. The van der Waals surface area contributed by atoms with Gasteiger partial charge in [0.1, 0.15) is 13.1 Å². The molecular weight excluding hydrogens is 316 g/mol. The zero-order chi connectivity index (χ0) is 18.3. The number of hydrogen-bond acceptors (Lipinski definition) is 3. The lowest BCUT2D eigenvalue weighted by molar-refractivity contribution is -0.145. The van der Waals surface area contributed by atoms with Crippen molar-refractivity contribution in [2.45, 2.75) is 96.8 Å². The molecule has 1 N–H and O–H groups in total. The van der Waals surface area contributed by atoms with Crippen LogP contribution < -0.4 is 5.32 Å². The second-order valence-corrected chi connectivity index (χ2v) is 7.21. The van der Waals surface area contributed by atoms with Crippen LogP contribution in [0.5, 0.6) is 0 Å². The molecule has 1 heterocycles. The van der Waals surface area contributed by atoms with E-state index in [0.29, 0.717) is 6.42 Å². The molecule has 1 aliphatic rings. The molecule has 0 atom stereocenters. The van der Waals surface area contributed by atoms with Crippen molar-refractivity contribution in [3.8, 4) is 0 Å². The van der Waals surface area contributed by atoms with Gasteiger partial charge in [-0.15, -0.1) is 0 Å². The Morgan fingerprint density at radius 2 is 1.16 bits per heavy atom. The lowest BCUT2D eigenvalue weighted by atomic mass is 10.0. The van der Waals surface area contributed by atoms with Gasteiger partial charge in [0.05, 0.1) is 0 Å². The lowest BCUT2D eigenvalue weighted by Crippen LogP contribution is -2.53. The van der Waals surface area contributed by atoms with Crippen LogP contribution in [0.3, 0.4) is 0 Å². The first-order valence-corrected chi connectivity index (χ1v) is 10.2. The van der Waals surface area contributed by atoms with E-state index in [1.807, 2.05) is 0 Å². The van der Waals surface area contributed by atoms with Crippen molar-refractivity contribution in [3.05, 3.63) is 0 Å². The fourth-order valence-corrected chi connectivity index (χ4v) is 3.27. The number of rotatable bonds is 14. The van der Waals surface area contributed by atoms with Gasteiger partial charge in [0.15, 0.2) is 0 Å². The van der Waals surface area contributed by atoms with Crippen LogP contribution in [0.15, 0.2) is 0 Å². The summed E-state index contributed by atoms with van der Waals surface area (Å²) in [5.74, 6) is -0.837. The highest BCUT2D eigenvalue weighted by atomic mass is 16.2. The topological polar surface area (TPSA) is 66.5 Å². The largest absolute Gasteiger partial charge is 0.324 e. The van der Waals surface area contributed by atoms with E-state index in [4.69, 9.17) is 0 Å². The first-order chi connectivity index (χ1) is 12.1. The molecule has 5 heteroatoms. The third kappa shape index (κ3) is 11.0. The Morgan fingerprint density at radius 3 is 1.60 bits per heavy atom. The van der Waals surface area contributed by atoms with Gasteiger partial charge in [-0.25, -0.2) is 0 Å². The van der Waals surface area contributed by atoms with E-state index in [2.05, 4.69) is 12.2 Å². The number of amides is 3. The number of nitrogens with one attached hydrogen (secondary N) is 1. The zero-order valence-corrected chi connectivity index (χ0v) is 16.0. The average Bonchev–Trinajstić information content (AvgIpc) is 2.58. The summed E-state index contributed by atoms with van der Waals surface area (Å²) in [5.41, 5.74) is 0. The zero-order valence-electron chi connectivity index (χ0n) is 16.0. The number of carbonyl (C=O) groups is 3. The standard InChI is InChI=1S/C20H36N2O3/c1-2-3-4-5-6-7-8-9-10-11-12-13-14-15-20(25)22-16-18(23)21-19(24)17-22/h2-17H2,1H3,(H,21,23,24). The minimum Gasteiger partial charge on any atom is -0.324 e. The average molecular weight is 353 g/mol. The maximum Gasteiger partial charge on any atom is 0.246 e. The molecule has 5 nitrogen and oxygen atoms in total. The van der Waals surface area contributed by atoms with Crippen molar-refractivity contribution in [3.63, 3.8) is 0 Å². The Hall–Kier alpha value is -1.39. The molecule has 1 aliphatic heterocycles. The van der Waals surface area contributed by atoms with Crippen molar-refractivity contribution < 1.29 is 14.4 Å². The molecule has 144 valence electrons. The second kappa shape index (κ2) is 13.9. The fourth-order valence-electron chi connectivity index (χ4n) is 3.27. The molecule has 1 saturated heterocycles. The van der Waals surface area contributed by atoms with Gasteiger partial charge in [-0.2, -0.15) is 0 Å². The third-order valence-corrected chi connectivity index (χ3v) is 4.79. The molecule has 0 spiro atoms. The van der Waals surface area contributed by atoms with Crippen LogP contribution in [0.2, 0.25) is 0 Å². The maximum absolute atomic E-state index is 12.0. The van der Waals surface area contributed by atoms with Crippen LogP contribution in [-0.2, 0) is 14.4 Å². The Kier molecular flexibility index (Phi) is 12.0. The number of piperazine rings is 1. The number of unbranched alkanes of at least 4 members (excludes halogenated alkanes) is 12. The maximum atomic E-state index is 12.0. The molecule has 0 aromatic carbocycles. The van der Waals surface area contributed by atoms with E-state index in [9.17, 15) is 14.4 Å². The van der Waals surface area contributed by atoms with Crippen LogP contribution in [0.25, 0.3) is 0 Å². The molecule has 3 amide bonds. The molecule has 1 fully saturated rings. The summed E-state index contributed by atoms with van der Waals surface area (Å²) in [6.07, 6.45) is 17.0. The van der Waals surface area contributed by atoms with Gasteiger partial charge in [-0.3, -0.25) is 19.7 Å². The van der Waals surface area contributed by atoms with E-state index in [1.54, 1.807) is 0 Å². The van der Waals surface area contributed by atoms with Gasteiger partial charge in [-0.1, -0.05) is 84.0 Å². The van der Waals surface area contributed by atoms with Gasteiger partial charge < -0.3 is 4.90 Å². The number of nitrogens with zero attached hydrogens (tertiary/aromatic N) is 1. The quantitative estimate of drug-likeness (QED) is 0.380. The molecule has 1 rings (SSSR count). The van der Waals surface area contributed by atoms with Crippen molar-refractivity contribution in [2.24, 2.45) is 0 Å². The molecular formula is C20H36N2O3. The second-order valence-electron chi connectivity index (χ2n) is 7.21. The molecule has 0 radical (unpaired) electrons. The van der Waals surface area contributed by atoms with Crippen LogP contribution in [0.4, 0.5) is 0 Å². The summed E-state index contributed by atoms with van der Waals surface area (Å²) in [7, 11) is 0. The summed E-state index contributed by atoms with van der Waals surface area (Å²) in [5, 5.41) is 2.21. The van der Waals surface area contributed by atoms with E-state index in [0.717, 1.165) is 12.8 Å². The normalized spacial score (nSPS) is 14.7. The smallest absolute Gasteiger partial charge is 0.246 e. The number of carbonyl (C=O) groups excluding carboxylic acids is 3. The van der Waals surface area contributed by atoms with Gasteiger partial charge >= 0.3 is 0 Å². The molecule has 25 heavy (non-hydrogen) atoms. The van der Waals surface area contributed by atoms with Crippen molar-refractivity contribution in [1.29, 1.82) is 0 Å². The molecule has 0 aliphatic carbocycles. The Bertz CT molecular complexity index is 394. The summed E-state index contributed by atoms with van der Waals surface area (Å²) in [6.45, 7) is 2.29. The molecule has 0 saturated carbocycles. The highest BCUT2D eigenvalue weighted by molar-refractivity contribution is 6.02. The van der Waals surface area contributed by atoms with Gasteiger partial charge in [0.2, 0.25) is 17.7 Å². The van der Waals surface area contributed by atoms with Crippen LogP contribution >= 0.6 is 0 Å². The van der Waals surface area contributed by atoms with Crippen LogP contribution in [0.1, 0.15) is 96.8 Å². The molecule has 0 bridgehead atoms. The SMILES string of the molecule is CCCCCCCCCCCCCCCC(=O)N1CC(=O)NC(=O)C1. The summed E-state index contributed by atoms with van der Waals surface area (Å²) >= 11 is 0. The van der Waals surface area contributed by atoms with Crippen LogP contribution in [0, 0.1) is 0 Å². The Balaban J connectivity index is 1.87. The highest BCUT2D eigenvalue weighted by Gasteiger charge is 2.25. The van der Waals surface area contributed by atoms with E-state index < -0.39 is 0 Å². The molecule has 0 aromatic heterocycles. The summed E-state index contributed by atoms with van der Waals surface area (Å²) in [6, 6.07) is 0. The predicted molar refractivity (Wildman–Crippen MR) is 100 cm³/mol.